The van der Waals surface area contributed by atoms with Gasteiger partial charge >= 0.3 is 5.63 Å². The van der Waals surface area contributed by atoms with E-state index in [1.165, 1.54) is 17.0 Å². The summed E-state index contributed by atoms with van der Waals surface area (Å²) in [7, 11) is 0. The molecule has 3 aromatic carbocycles. The van der Waals surface area contributed by atoms with E-state index in [1.54, 1.807) is 47.3 Å². The van der Waals surface area contributed by atoms with E-state index in [4.69, 9.17) is 9.15 Å². The maximum absolute atomic E-state index is 13.0. The summed E-state index contributed by atoms with van der Waals surface area (Å²) >= 11 is 0. The highest BCUT2D eigenvalue weighted by molar-refractivity contribution is 6.26. The zero-order valence-electron chi connectivity index (χ0n) is 19.8. The standard InChI is InChI=1S/C28H20N4O5/c1-3-11-31-27(34)21-6-4-5-20-23(10-9-22(26(20)21)28(31)35)32-14-17(29-30-32)15-36-18-7-8-19-16(2)12-25(33)37-24(19)13-18/h3-10,12-14H,1,11,15H2,2H3. The Bertz CT molecular complexity index is 1800. The molecule has 6 rings (SSSR count). The van der Waals surface area contributed by atoms with Crippen molar-refractivity contribution in [3.63, 3.8) is 0 Å². The largest absolute Gasteiger partial charge is 0.487 e. The minimum Gasteiger partial charge on any atom is -0.487 e. The van der Waals surface area contributed by atoms with Crippen LogP contribution < -0.4 is 10.4 Å². The van der Waals surface area contributed by atoms with Gasteiger partial charge in [-0.3, -0.25) is 14.5 Å². The first-order valence-corrected chi connectivity index (χ1v) is 11.6. The van der Waals surface area contributed by atoms with Crippen LogP contribution in [-0.4, -0.2) is 38.3 Å². The molecule has 9 heteroatoms. The van der Waals surface area contributed by atoms with Crippen molar-refractivity contribution in [3.8, 4) is 11.4 Å². The first-order chi connectivity index (χ1) is 17.9. The minimum atomic E-state index is -0.414. The number of rotatable bonds is 6. The van der Waals surface area contributed by atoms with Gasteiger partial charge in [0.2, 0.25) is 0 Å². The molecule has 182 valence electrons. The summed E-state index contributed by atoms with van der Waals surface area (Å²) in [6.07, 6.45) is 3.26. The molecule has 37 heavy (non-hydrogen) atoms. The summed E-state index contributed by atoms with van der Waals surface area (Å²) in [5, 5.41) is 10.6. The zero-order chi connectivity index (χ0) is 25.7. The molecular formula is C28H20N4O5. The Labute approximate surface area is 210 Å². The molecule has 2 amide bonds. The van der Waals surface area contributed by atoms with Gasteiger partial charge in [0.15, 0.2) is 0 Å². The number of carbonyl (C=O) groups is 2. The van der Waals surface area contributed by atoms with E-state index in [0.29, 0.717) is 44.6 Å². The average molecular weight is 492 g/mol. The molecule has 3 heterocycles. The second-order valence-corrected chi connectivity index (χ2v) is 8.72. The first kappa shape index (κ1) is 22.4. The van der Waals surface area contributed by atoms with Gasteiger partial charge in [-0.25, -0.2) is 9.48 Å². The van der Waals surface area contributed by atoms with Crippen LogP contribution in [0, 0.1) is 6.92 Å². The van der Waals surface area contributed by atoms with Gasteiger partial charge in [-0.15, -0.1) is 11.7 Å². The SMILES string of the molecule is C=CCN1C(=O)c2cccc3c(-n4cc(COc5ccc6c(C)cc(=O)oc6c5)nn4)ccc(c23)C1=O. The Morgan fingerprint density at radius 1 is 1.00 bits per heavy atom. The molecule has 0 bridgehead atoms. The van der Waals surface area contributed by atoms with Crippen molar-refractivity contribution in [2.75, 3.05) is 6.54 Å². The number of aromatic nitrogens is 3. The van der Waals surface area contributed by atoms with Gasteiger partial charge in [-0.2, -0.15) is 0 Å². The number of benzene rings is 3. The molecule has 0 atom stereocenters. The molecule has 2 aromatic heterocycles. The molecule has 0 saturated carbocycles. The van der Waals surface area contributed by atoms with Gasteiger partial charge < -0.3 is 9.15 Å². The van der Waals surface area contributed by atoms with E-state index in [-0.39, 0.29) is 25.0 Å². The second kappa shape index (κ2) is 8.56. The summed E-state index contributed by atoms with van der Waals surface area (Å²) in [5.41, 5.74) is 3.03. The highest BCUT2D eigenvalue weighted by Crippen LogP contribution is 2.33. The summed E-state index contributed by atoms with van der Waals surface area (Å²) in [6.45, 7) is 5.78. The van der Waals surface area contributed by atoms with E-state index < -0.39 is 5.63 Å². The Kier molecular flexibility index (Phi) is 5.19. The highest BCUT2D eigenvalue weighted by Gasteiger charge is 2.32. The van der Waals surface area contributed by atoms with Gasteiger partial charge in [-0.05, 0) is 42.8 Å². The summed E-state index contributed by atoms with van der Waals surface area (Å²) in [4.78, 5) is 38.8. The van der Waals surface area contributed by atoms with Crippen LogP contribution in [-0.2, 0) is 6.61 Å². The van der Waals surface area contributed by atoms with Gasteiger partial charge in [0.25, 0.3) is 11.8 Å². The predicted octanol–water partition coefficient (Wildman–Crippen LogP) is 4.20. The number of ether oxygens (including phenoxy) is 1. The number of nitrogens with zero attached hydrogens (tertiary/aromatic N) is 4. The molecule has 0 spiro atoms. The van der Waals surface area contributed by atoms with Crippen molar-refractivity contribution >= 4 is 33.6 Å². The molecule has 0 saturated heterocycles. The van der Waals surface area contributed by atoms with Crippen molar-refractivity contribution in [2.45, 2.75) is 13.5 Å². The minimum absolute atomic E-state index is 0.135. The number of hydrogen-bond acceptors (Lipinski definition) is 7. The number of aryl methyl sites for hydroxylation is 1. The molecule has 9 nitrogen and oxygen atoms in total. The van der Waals surface area contributed by atoms with Crippen LogP contribution >= 0.6 is 0 Å². The fraction of sp³-hybridized carbons (Fsp3) is 0.107. The van der Waals surface area contributed by atoms with Crippen molar-refractivity contribution in [2.24, 2.45) is 0 Å². The molecule has 5 aromatic rings. The topological polar surface area (TPSA) is 108 Å². The van der Waals surface area contributed by atoms with E-state index in [0.717, 1.165) is 10.9 Å². The van der Waals surface area contributed by atoms with Crippen LogP contribution in [0.4, 0.5) is 0 Å². The van der Waals surface area contributed by atoms with Gasteiger partial charge in [0, 0.05) is 46.0 Å². The van der Waals surface area contributed by atoms with E-state index in [1.807, 2.05) is 19.1 Å². The number of hydrogen-bond donors (Lipinski definition) is 0. The number of fused-ring (bicyclic) bond motifs is 1. The van der Waals surface area contributed by atoms with Crippen molar-refractivity contribution in [3.05, 3.63) is 106 Å². The Hall–Kier alpha value is -5.05. The summed E-state index contributed by atoms with van der Waals surface area (Å²) in [6, 6.07) is 15.6. The third-order valence-electron chi connectivity index (χ3n) is 6.38. The first-order valence-electron chi connectivity index (χ1n) is 11.6. The second-order valence-electron chi connectivity index (χ2n) is 8.72. The van der Waals surface area contributed by atoms with Gasteiger partial charge in [0.1, 0.15) is 23.6 Å². The molecule has 0 unspecified atom stereocenters. The Morgan fingerprint density at radius 3 is 2.62 bits per heavy atom. The smallest absolute Gasteiger partial charge is 0.336 e. The quantitative estimate of drug-likeness (QED) is 0.199. The van der Waals surface area contributed by atoms with Gasteiger partial charge in [-0.1, -0.05) is 23.4 Å². The molecule has 0 fully saturated rings. The normalized spacial score (nSPS) is 12.9. The molecule has 1 aliphatic heterocycles. The van der Waals surface area contributed by atoms with Crippen LogP contribution in [0.2, 0.25) is 0 Å². The molecule has 0 N–H and O–H groups in total. The van der Waals surface area contributed by atoms with Crippen LogP contribution in [0.5, 0.6) is 5.75 Å². The fourth-order valence-corrected chi connectivity index (χ4v) is 4.66. The third kappa shape index (κ3) is 3.68. The van der Waals surface area contributed by atoms with Crippen molar-refractivity contribution in [1.82, 2.24) is 19.9 Å². The van der Waals surface area contributed by atoms with Crippen LogP contribution in [0.25, 0.3) is 27.4 Å². The fourth-order valence-electron chi connectivity index (χ4n) is 4.66. The lowest BCUT2D eigenvalue weighted by molar-refractivity contribution is 0.0629. The molecule has 1 aliphatic rings. The van der Waals surface area contributed by atoms with Crippen LogP contribution in [0.1, 0.15) is 32.0 Å². The maximum Gasteiger partial charge on any atom is 0.336 e. The third-order valence-corrected chi connectivity index (χ3v) is 6.38. The molecule has 0 aliphatic carbocycles. The Balaban J connectivity index is 1.30. The number of imide groups is 1. The van der Waals surface area contributed by atoms with E-state index in [9.17, 15) is 14.4 Å². The maximum atomic E-state index is 13.0. The average Bonchev–Trinajstić information content (AvgIpc) is 3.36. The predicted molar refractivity (Wildman–Crippen MR) is 136 cm³/mol. The summed E-state index contributed by atoms with van der Waals surface area (Å²) in [5.74, 6) is -0.179. The van der Waals surface area contributed by atoms with Crippen LogP contribution in [0.15, 0.2) is 82.7 Å². The lowest BCUT2D eigenvalue weighted by Gasteiger charge is -2.26. The summed E-state index contributed by atoms with van der Waals surface area (Å²) < 4.78 is 12.7. The van der Waals surface area contributed by atoms with Crippen LogP contribution in [0.3, 0.4) is 0 Å². The lowest BCUT2D eigenvalue weighted by atomic mass is 9.93. The highest BCUT2D eigenvalue weighted by atomic mass is 16.5. The van der Waals surface area contributed by atoms with E-state index in [2.05, 4.69) is 16.9 Å². The zero-order valence-corrected chi connectivity index (χ0v) is 19.8. The van der Waals surface area contributed by atoms with E-state index >= 15 is 0 Å². The van der Waals surface area contributed by atoms with Crippen molar-refractivity contribution < 1.29 is 18.7 Å². The van der Waals surface area contributed by atoms with Gasteiger partial charge in [0.05, 0.1) is 11.9 Å². The lowest BCUT2D eigenvalue weighted by Crippen LogP contribution is -2.40. The number of amides is 2. The van der Waals surface area contributed by atoms with Crippen molar-refractivity contribution in [1.29, 1.82) is 0 Å². The molecular weight excluding hydrogens is 472 g/mol. The Morgan fingerprint density at radius 2 is 1.81 bits per heavy atom. The number of carbonyl (C=O) groups excluding carboxylic acids is 2. The monoisotopic (exact) mass is 492 g/mol. The molecule has 0 radical (unpaired) electrons.